The average molecular weight is 455 g/mol. The predicted molar refractivity (Wildman–Crippen MR) is 112 cm³/mol. The number of sulfonamides is 1. The molecule has 0 radical (unpaired) electrons. The molecule has 0 bridgehead atoms. The topological polar surface area (TPSA) is 113 Å². The van der Waals surface area contributed by atoms with Crippen LogP contribution in [-0.4, -0.2) is 61.7 Å². The first kappa shape index (κ1) is 22.3. The van der Waals surface area contributed by atoms with Gasteiger partial charge in [0.25, 0.3) is 5.91 Å². The number of anilines is 1. The molecule has 30 heavy (non-hydrogen) atoms. The molecule has 1 fully saturated rings. The maximum atomic E-state index is 13.1. The van der Waals surface area contributed by atoms with E-state index >= 15 is 0 Å². The molecular formula is C19H23FN4O4S2. The third kappa shape index (κ3) is 4.86. The highest BCUT2D eigenvalue weighted by molar-refractivity contribution is 7.89. The minimum absolute atomic E-state index is 0.0415. The number of benzene rings is 1. The van der Waals surface area contributed by atoms with Crippen LogP contribution >= 0.6 is 11.3 Å². The second-order valence-corrected chi connectivity index (χ2v) is 9.79. The number of primary amides is 1. The van der Waals surface area contributed by atoms with Gasteiger partial charge in [-0.3, -0.25) is 14.5 Å². The van der Waals surface area contributed by atoms with Gasteiger partial charge in [-0.05, 0) is 49.1 Å². The standard InChI is InChI=1S/C19H23FN4O4S2/c1-13(18(26)22-19-16(17(21)25)7-12-29-19)23-8-2-9-24(11-10-23)30(27,28)15-5-3-14(20)4-6-15/h3-7,12-13H,2,8-11H2,1H3,(H2,21,25)(H,22,26)/t13-/m1/s1. The summed E-state index contributed by atoms with van der Waals surface area (Å²) in [6.45, 7) is 3.15. The Morgan fingerprint density at radius 2 is 1.83 bits per heavy atom. The SMILES string of the molecule is C[C@H](C(=O)Nc1sccc1C(N)=O)N1CCCN(S(=O)(=O)c2ccc(F)cc2)CC1. The summed E-state index contributed by atoms with van der Waals surface area (Å²) < 4.78 is 40.2. The quantitative estimate of drug-likeness (QED) is 0.690. The Morgan fingerprint density at radius 1 is 1.13 bits per heavy atom. The monoisotopic (exact) mass is 454 g/mol. The molecule has 0 saturated carbocycles. The van der Waals surface area contributed by atoms with Crippen molar-refractivity contribution in [2.75, 3.05) is 31.5 Å². The fourth-order valence-corrected chi connectivity index (χ4v) is 5.54. The van der Waals surface area contributed by atoms with Gasteiger partial charge in [0.2, 0.25) is 15.9 Å². The molecule has 2 heterocycles. The van der Waals surface area contributed by atoms with E-state index in [9.17, 15) is 22.4 Å². The van der Waals surface area contributed by atoms with E-state index in [2.05, 4.69) is 5.32 Å². The van der Waals surface area contributed by atoms with Crippen LogP contribution in [0.1, 0.15) is 23.7 Å². The summed E-state index contributed by atoms with van der Waals surface area (Å²) in [7, 11) is -3.74. The molecule has 1 aliphatic rings. The molecule has 3 N–H and O–H groups in total. The average Bonchev–Trinajstić information content (AvgIpc) is 3.02. The number of nitrogens with zero attached hydrogens (tertiary/aromatic N) is 2. The molecule has 1 aromatic heterocycles. The van der Waals surface area contributed by atoms with Crippen molar-refractivity contribution in [3.8, 4) is 0 Å². The van der Waals surface area contributed by atoms with Gasteiger partial charge in [0.1, 0.15) is 10.8 Å². The molecule has 1 saturated heterocycles. The van der Waals surface area contributed by atoms with Gasteiger partial charge in [-0.1, -0.05) is 0 Å². The number of carbonyl (C=O) groups excluding carboxylic acids is 2. The van der Waals surface area contributed by atoms with E-state index in [4.69, 9.17) is 5.73 Å². The highest BCUT2D eigenvalue weighted by Gasteiger charge is 2.30. The van der Waals surface area contributed by atoms with Crippen molar-refractivity contribution >= 4 is 38.2 Å². The predicted octanol–water partition coefficient (Wildman–Crippen LogP) is 1.71. The van der Waals surface area contributed by atoms with E-state index in [1.807, 2.05) is 4.90 Å². The number of thiophene rings is 1. The number of rotatable bonds is 6. The summed E-state index contributed by atoms with van der Waals surface area (Å²) in [4.78, 5) is 26.0. The Morgan fingerprint density at radius 3 is 2.50 bits per heavy atom. The van der Waals surface area contributed by atoms with Gasteiger partial charge in [-0.2, -0.15) is 4.31 Å². The van der Waals surface area contributed by atoms with Crippen molar-refractivity contribution in [2.45, 2.75) is 24.3 Å². The molecule has 3 rings (SSSR count). The van der Waals surface area contributed by atoms with Crippen LogP contribution < -0.4 is 11.1 Å². The Labute approximate surface area is 178 Å². The molecule has 1 atom stereocenters. The molecular weight excluding hydrogens is 431 g/mol. The maximum absolute atomic E-state index is 13.1. The van der Waals surface area contributed by atoms with Gasteiger partial charge in [0.15, 0.2) is 0 Å². The van der Waals surface area contributed by atoms with Crippen LogP contribution in [0.3, 0.4) is 0 Å². The summed E-state index contributed by atoms with van der Waals surface area (Å²) in [5, 5.41) is 4.80. The second kappa shape index (κ2) is 9.21. The molecule has 1 aliphatic heterocycles. The first-order valence-electron chi connectivity index (χ1n) is 9.38. The molecule has 0 spiro atoms. The van der Waals surface area contributed by atoms with Crippen LogP contribution in [0.5, 0.6) is 0 Å². The van der Waals surface area contributed by atoms with Crippen LogP contribution in [0.25, 0.3) is 0 Å². The van der Waals surface area contributed by atoms with Gasteiger partial charge in [-0.25, -0.2) is 12.8 Å². The number of amides is 2. The summed E-state index contributed by atoms with van der Waals surface area (Å²) in [6, 6.07) is 5.77. The highest BCUT2D eigenvalue weighted by atomic mass is 32.2. The van der Waals surface area contributed by atoms with Crippen molar-refractivity contribution in [3.05, 3.63) is 47.1 Å². The summed E-state index contributed by atoms with van der Waals surface area (Å²) in [6.07, 6.45) is 0.545. The van der Waals surface area contributed by atoms with Crippen LogP contribution in [0.15, 0.2) is 40.6 Å². The largest absolute Gasteiger partial charge is 0.366 e. The van der Waals surface area contributed by atoms with Crippen molar-refractivity contribution in [2.24, 2.45) is 5.73 Å². The Balaban J connectivity index is 1.65. The summed E-state index contributed by atoms with van der Waals surface area (Å²) >= 11 is 1.21. The van der Waals surface area contributed by atoms with Crippen molar-refractivity contribution in [3.63, 3.8) is 0 Å². The number of halogens is 1. The van der Waals surface area contributed by atoms with Crippen LogP contribution in [0, 0.1) is 5.82 Å². The van der Waals surface area contributed by atoms with E-state index in [0.717, 1.165) is 12.1 Å². The zero-order valence-electron chi connectivity index (χ0n) is 16.4. The normalized spacial score (nSPS) is 17.3. The van der Waals surface area contributed by atoms with Crippen LogP contribution in [-0.2, 0) is 14.8 Å². The number of nitrogens with two attached hydrogens (primary N) is 1. The van der Waals surface area contributed by atoms with E-state index in [-0.39, 0.29) is 22.9 Å². The van der Waals surface area contributed by atoms with E-state index in [0.29, 0.717) is 31.1 Å². The first-order chi connectivity index (χ1) is 14.2. The Hall–Kier alpha value is -2.34. The number of nitrogens with one attached hydrogen (secondary N) is 1. The molecule has 162 valence electrons. The zero-order chi connectivity index (χ0) is 21.9. The summed E-state index contributed by atoms with van der Waals surface area (Å²) in [5.74, 6) is -1.41. The first-order valence-corrected chi connectivity index (χ1v) is 11.7. The van der Waals surface area contributed by atoms with E-state index in [1.165, 1.54) is 27.8 Å². The second-order valence-electron chi connectivity index (χ2n) is 6.94. The lowest BCUT2D eigenvalue weighted by Crippen LogP contribution is -2.44. The number of carbonyl (C=O) groups is 2. The molecule has 11 heteroatoms. The fraction of sp³-hybridized carbons (Fsp3) is 0.368. The Kier molecular flexibility index (Phi) is 6.86. The molecule has 2 aromatic rings. The van der Waals surface area contributed by atoms with Crippen molar-refractivity contribution in [1.29, 1.82) is 0 Å². The third-order valence-corrected chi connectivity index (χ3v) is 7.78. The van der Waals surface area contributed by atoms with Gasteiger partial charge in [-0.15, -0.1) is 11.3 Å². The minimum Gasteiger partial charge on any atom is -0.366 e. The van der Waals surface area contributed by atoms with Gasteiger partial charge in [0, 0.05) is 26.2 Å². The molecule has 2 amide bonds. The summed E-state index contributed by atoms with van der Waals surface area (Å²) in [5.41, 5.74) is 5.57. The minimum atomic E-state index is -3.74. The highest BCUT2D eigenvalue weighted by Crippen LogP contribution is 2.24. The number of hydrogen-bond acceptors (Lipinski definition) is 6. The van der Waals surface area contributed by atoms with Gasteiger partial charge < -0.3 is 11.1 Å². The van der Waals surface area contributed by atoms with Crippen LogP contribution in [0.4, 0.5) is 9.39 Å². The third-order valence-electron chi connectivity index (χ3n) is 5.04. The molecule has 0 aliphatic carbocycles. The van der Waals surface area contributed by atoms with Gasteiger partial charge in [0.05, 0.1) is 16.5 Å². The smallest absolute Gasteiger partial charge is 0.251 e. The van der Waals surface area contributed by atoms with Crippen molar-refractivity contribution in [1.82, 2.24) is 9.21 Å². The van der Waals surface area contributed by atoms with Crippen LogP contribution in [0.2, 0.25) is 0 Å². The molecule has 8 nitrogen and oxygen atoms in total. The number of hydrogen-bond donors (Lipinski definition) is 2. The maximum Gasteiger partial charge on any atom is 0.251 e. The lowest BCUT2D eigenvalue weighted by atomic mass is 10.2. The van der Waals surface area contributed by atoms with Crippen molar-refractivity contribution < 1.29 is 22.4 Å². The zero-order valence-corrected chi connectivity index (χ0v) is 18.0. The molecule has 0 unspecified atom stereocenters. The lowest BCUT2D eigenvalue weighted by Gasteiger charge is -2.26. The van der Waals surface area contributed by atoms with E-state index < -0.39 is 27.8 Å². The molecule has 1 aromatic carbocycles. The van der Waals surface area contributed by atoms with E-state index in [1.54, 1.807) is 18.4 Å². The Bertz CT molecular complexity index is 1020. The lowest BCUT2D eigenvalue weighted by molar-refractivity contribution is -0.120. The van der Waals surface area contributed by atoms with Gasteiger partial charge >= 0.3 is 0 Å². The fourth-order valence-electron chi connectivity index (χ4n) is 3.28.